The van der Waals surface area contributed by atoms with E-state index in [-0.39, 0.29) is 18.7 Å². The summed E-state index contributed by atoms with van der Waals surface area (Å²) in [7, 11) is 1.56. The first-order chi connectivity index (χ1) is 13.3. The highest BCUT2D eigenvalue weighted by atomic mass is 16.5. The van der Waals surface area contributed by atoms with E-state index in [1.165, 1.54) is 0 Å². The number of carboxylic acids is 1. The quantitative estimate of drug-likeness (QED) is 0.719. The Kier molecular flexibility index (Phi) is 5.72. The maximum atomic E-state index is 12.5. The first-order valence-corrected chi connectivity index (χ1v) is 9.42. The monoisotopic (exact) mass is 386 g/mol. The number of likely N-dealkylation sites (tertiary alicyclic amines) is 1. The van der Waals surface area contributed by atoms with Crippen molar-refractivity contribution in [2.45, 2.75) is 39.5 Å². The smallest absolute Gasteiger partial charge is 0.339 e. The topological polar surface area (TPSA) is 99.9 Å². The minimum absolute atomic E-state index is 0.0818. The lowest BCUT2D eigenvalue weighted by Crippen LogP contribution is -2.43. The second-order valence-electron chi connectivity index (χ2n) is 7.24. The Morgan fingerprint density at radius 2 is 1.89 bits per heavy atom. The third-order valence-corrected chi connectivity index (χ3v) is 5.64. The fourth-order valence-corrected chi connectivity index (χ4v) is 3.84. The van der Waals surface area contributed by atoms with Crippen molar-refractivity contribution in [2.75, 3.05) is 20.2 Å². The number of ether oxygens (including phenoxy) is 1. The lowest BCUT2D eigenvalue weighted by atomic mass is 9.96. The molecule has 3 rings (SSSR count). The van der Waals surface area contributed by atoms with E-state index in [1.54, 1.807) is 12.0 Å². The summed E-state index contributed by atoms with van der Waals surface area (Å²) in [6.07, 6.45) is 1.29. The predicted molar refractivity (Wildman–Crippen MR) is 101 cm³/mol. The zero-order chi connectivity index (χ0) is 20.4. The molecule has 1 aromatic heterocycles. The summed E-state index contributed by atoms with van der Waals surface area (Å²) in [6.45, 7) is 4.50. The summed E-state index contributed by atoms with van der Waals surface area (Å²) < 4.78 is 10.8. The minimum Gasteiger partial charge on any atom is -0.550 e. The molecule has 0 aliphatic carbocycles. The Morgan fingerprint density at radius 1 is 1.21 bits per heavy atom. The van der Waals surface area contributed by atoms with Crippen LogP contribution in [-0.4, -0.2) is 37.0 Å². The van der Waals surface area contributed by atoms with Gasteiger partial charge in [0.2, 0.25) is 5.91 Å². The molecule has 1 aliphatic rings. The van der Waals surface area contributed by atoms with Crippen molar-refractivity contribution in [2.24, 2.45) is 5.92 Å². The van der Waals surface area contributed by atoms with E-state index in [0.29, 0.717) is 42.8 Å². The number of aliphatic carboxylic acids is 1. The van der Waals surface area contributed by atoms with E-state index in [2.05, 4.69) is 0 Å². The number of aryl methyl sites for hydroxylation is 2. The Balaban J connectivity index is 1.75. The van der Waals surface area contributed by atoms with Gasteiger partial charge in [-0.25, -0.2) is 4.79 Å². The third kappa shape index (κ3) is 3.74. The fourth-order valence-electron chi connectivity index (χ4n) is 3.84. The number of carbonyl (C=O) groups excluding carboxylic acids is 2. The van der Waals surface area contributed by atoms with Gasteiger partial charge < -0.3 is 24.0 Å². The number of carboxylic acid groups (broad SMARTS) is 1. The van der Waals surface area contributed by atoms with Crippen LogP contribution in [-0.2, 0) is 16.0 Å². The van der Waals surface area contributed by atoms with Crippen LogP contribution in [0.4, 0.5) is 0 Å². The van der Waals surface area contributed by atoms with Crippen LogP contribution >= 0.6 is 0 Å². The highest BCUT2D eigenvalue weighted by Gasteiger charge is 2.24. The Bertz CT molecular complexity index is 969. The van der Waals surface area contributed by atoms with Crippen LogP contribution in [0.5, 0.6) is 5.75 Å². The molecule has 0 N–H and O–H groups in total. The van der Waals surface area contributed by atoms with Crippen LogP contribution in [0, 0.1) is 19.8 Å². The van der Waals surface area contributed by atoms with Crippen LogP contribution in [0.15, 0.2) is 21.3 Å². The van der Waals surface area contributed by atoms with Gasteiger partial charge in [-0.2, -0.15) is 0 Å². The molecule has 0 unspecified atom stereocenters. The number of fused-ring (bicyclic) bond motifs is 1. The molecule has 0 radical (unpaired) electrons. The highest BCUT2D eigenvalue weighted by Crippen LogP contribution is 2.29. The minimum atomic E-state index is -1.05. The summed E-state index contributed by atoms with van der Waals surface area (Å²) in [5.41, 5.74) is 2.13. The number of nitrogens with zero attached hydrogens (tertiary/aromatic N) is 1. The van der Waals surface area contributed by atoms with E-state index >= 15 is 0 Å². The maximum absolute atomic E-state index is 12.5. The molecule has 28 heavy (non-hydrogen) atoms. The SMILES string of the molecule is COc1ccc2c(C)c(CCC(=O)N3CCC(C(=O)[O-])CC3)c(=O)oc2c1C. The van der Waals surface area contributed by atoms with E-state index < -0.39 is 17.5 Å². The highest BCUT2D eigenvalue weighted by molar-refractivity contribution is 5.86. The number of hydrogen-bond acceptors (Lipinski definition) is 6. The van der Waals surface area contributed by atoms with Gasteiger partial charge in [0.25, 0.3) is 0 Å². The molecule has 2 aromatic rings. The molecule has 7 nitrogen and oxygen atoms in total. The molecule has 0 spiro atoms. The molecular formula is C21H24NO6-. The lowest BCUT2D eigenvalue weighted by molar-refractivity contribution is -0.312. The maximum Gasteiger partial charge on any atom is 0.339 e. The average molecular weight is 386 g/mol. The number of hydrogen-bond donors (Lipinski definition) is 0. The third-order valence-electron chi connectivity index (χ3n) is 5.64. The van der Waals surface area contributed by atoms with Crippen molar-refractivity contribution >= 4 is 22.8 Å². The summed E-state index contributed by atoms with van der Waals surface area (Å²) in [6, 6.07) is 3.69. The van der Waals surface area contributed by atoms with Crippen molar-refractivity contribution in [1.29, 1.82) is 0 Å². The zero-order valence-electron chi connectivity index (χ0n) is 16.4. The second kappa shape index (κ2) is 8.04. The van der Waals surface area contributed by atoms with Gasteiger partial charge >= 0.3 is 5.63 Å². The Hall–Kier alpha value is -2.83. The Labute approximate surface area is 162 Å². The van der Waals surface area contributed by atoms with Crippen LogP contribution in [0.1, 0.15) is 36.0 Å². The van der Waals surface area contributed by atoms with Gasteiger partial charge in [-0.15, -0.1) is 0 Å². The number of benzene rings is 1. The van der Waals surface area contributed by atoms with Crippen molar-refractivity contribution < 1.29 is 23.8 Å². The molecule has 150 valence electrons. The molecule has 1 amide bonds. The Morgan fingerprint density at radius 3 is 2.50 bits per heavy atom. The number of carbonyl (C=O) groups is 2. The molecule has 1 fully saturated rings. The summed E-state index contributed by atoms with van der Waals surface area (Å²) >= 11 is 0. The number of rotatable bonds is 5. The zero-order valence-corrected chi connectivity index (χ0v) is 16.4. The van der Waals surface area contributed by atoms with Crippen molar-refractivity contribution in [3.8, 4) is 5.75 Å². The predicted octanol–water partition coefficient (Wildman–Crippen LogP) is 1.34. The molecule has 1 aliphatic heterocycles. The molecule has 7 heteroatoms. The van der Waals surface area contributed by atoms with Gasteiger partial charge in [-0.05, 0) is 50.8 Å². The van der Waals surface area contributed by atoms with Gasteiger partial charge in [-0.1, -0.05) is 0 Å². The van der Waals surface area contributed by atoms with Crippen molar-refractivity contribution in [1.82, 2.24) is 4.90 Å². The molecule has 0 saturated carbocycles. The number of methoxy groups -OCH3 is 1. The number of amides is 1. The van der Waals surface area contributed by atoms with E-state index in [4.69, 9.17) is 9.15 Å². The normalized spacial score (nSPS) is 15.0. The first-order valence-electron chi connectivity index (χ1n) is 9.42. The van der Waals surface area contributed by atoms with Crippen LogP contribution < -0.4 is 15.5 Å². The van der Waals surface area contributed by atoms with Gasteiger partial charge in [0, 0.05) is 47.9 Å². The summed E-state index contributed by atoms with van der Waals surface area (Å²) in [5.74, 6) is -0.970. The lowest BCUT2D eigenvalue weighted by Gasteiger charge is -2.32. The summed E-state index contributed by atoms with van der Waals surface area (Å²) in [5, 5.41) is 11.7. The fraction of sp³-hybridized carbons (Fsp3) is 0.476. The molecule has 0 bridgehead atoms. The van der Waals surface area contributed by atoms with Crippen LogP contribution in [0.25, 0.3) is 11.0 Å². The van der Waals surface area contributed by atoms with E-state index in [9.17, 15) is 19.5 Å². The van der Waals surface area contributed by atoms with Crippen LogP contribution in [0.3, 0.4) is 0 Å². The number of piperidine rings is 1. The van der Waals surface area contributed by atoms with Gasteiger partial charge in [0.05, 0.1) is 7.11 Å². The second-order valence-corrected chi connectivity index (χ2v) is 7.24. The van der Waals surface area contributed by atoms with Gasteiger partial charge in [0.15, 0.2) is 0 Å². The van der Waals surface area contributed by atoms with E-state index in [0.717, 1.165) is 16.5 Å². The van der Waals surface area contributed by atoms with Gasteiger partial charge in [0.1, 0.15) is 11.3 Å². The molecule has 0 atom stereocenters. The average Bonchev–Trinajstić information content (AvgIpc) is 2.68. The summed E-state index contributed by atoms with van der Waals surface area (Å²) in [4.78, 5) is 37.6. The molecule has 1 saturated heterocycles. The molecule has 2 heterocycles. The van der Waals surface area contributed by atoms with Crippen molar-refractivity contribution in [3.05, 3.63) is 39.2 Å². The van der Waals surface area contributed by atoms with Crippen molar-refractivity contribution in [3.63, 3.8) is 0 Å². The van der Waals surface area contributed by atoms with E-state index in [1.807, 2.05) is 26.0 Å². The first kappa shape index (κ1) is 19.9. The molecule has 1 aromatic carbocycles. The molecular weight excluding hydrogens is 362 g/mol. The largest absolute Gasteiger partial charge is 0.550 e. The van der Waals surface area contributed by atoms with Gasteiger partial charge in [-0.3, -0.25) is 4.79 Å². The van der Waals surface area contributed by atoms with Crippen LogP contribution in [0.2, 0.25) is 0 Å². The standard InChI is InChI=1S/C21H25NO6/c1-12-15-4-6-17(27-3)13(2)19(15)28-21(26)16(12)5-7-18(23)22-10-8-14(9-11-22)20(24)25/h4,6,14H,5,7-11H2,1-3H3,(H,24,25)/p-1.